The van der Waals surface area contributed by atoms with Crippen LogP contribution < -0.4 is 4.74 Å². The Morgan fingerprint density at radius 1 is 1.30 bits per heavy atom. The van der Waals surface area contributed by atoms with Crippen molar-refractivity contribution in [2.45, 2.75) is 17.7 Å². The minimum absolute atomic E-state index is 0.570. The average molecular weight is 303 g/mol. The SMILES string of the molecule is CCc1cccc(Oc2ncnc3nc(SC)sc23)c1. The van der Waals surface area contributed by atoms with Crippen LogP contribution in [0.2, 0.25) is 0 Å². The predicted octanol–water partition coefficient (Wildman–Crippen LogP) is 4.16. The number of benzene rings is 1. The number of ether oxygens (including phenoxy) is 1. The van der Waals surface area contributed by atoms with E-state index in [-0.39, 0.29) is 0 Å². The van der Waals surface area contributed by atoms with Crippen LogP contribution in [0.25, 0.3) is 10.3 Å². The van der Waals surface area contributed by atoms with Gasteiger partial charge in [0.2, 0.25) is 5.88 Å². The molecule has 0 atom stereocenters. The highest BCUT2D eigenvalue weighted by Gasteiger charge is 2.12. The molecule has 0 unspecified atom stereocenters. The summed E-state index contributed by atoms with van der Waals surface area (Å²) in [6, 6.07) is 8.04. The van der Waals surface area contributed by atoms with Gasteiger partial charge >= 0.3 is 0 Å². The maximum Gasteiger partial charge on any atom is 0.242 e. The second-order valence-electron chi connectivity index (χ2n) is 4.12. The fourth-order valence-corrected chi connectivity index (χ4v) is 3.25. The lowest BCUT2D eigenvalue weighted by Crippen LogP contribution is -1.90. The third-order valence-corrected chi connectivity index (χ3v) is 4.85. The first-order chi connectivity index (χ1) is 9.80. The topological polar surface area (TPSA) is 47.9 Å². The van der Waals surface area contributed by atoms with Gasteiger partial charge in [-0.15, -0.1) is 11.3 Å². The molecule has 3 aromatic rings. The normalized spacial score (nSPS) is 10.9. The Kier molecular flexibility index (Phi) is 3.84. The van der Waals surface area contributed by atoms with E-state index in [1.54, 1.807) is 23.1 Å². The molecule has 0 aliphatic rings. The lowest BCUT2D eigenvalue weighted by Gasteiger charge is -2.06. The summed E-state index contributed by atoms with van der Waals surface area (Å²) in [4.78, 5) is 12.8. The summed E-state index contributed by atoms with van der Waals surface area (Å²) in [6.45, 7) is 2.12. The van der Waals surface area contributed by atoms with E-state index in [4.69, 9.17) is 4.74 Å². The molecule has 4 nitrogen and oxygen atoms in total. The van der Waals surface area contributed by atoms with Gasteiger partial charge in [0.1, 0.15) is 16.8 Å². The summed E-state index contributed by atoms with van der Waals surface area (Å²) in [7, 11) is 0. The molecule has 0 radical (unpaired) electrons. The van der Waals surface area contributed by atoms with E-state index < -0.39 is 0 Å². The Hall–Kier alpha value is -1.66. The molecule has 2 heterocycles. The van der Waals surface area contributed by atoms with Gasteiger partial charge < -0.3 is 4.74 Å². The van der Waals surface area contributed by atoms with Crippen molar-refractivity contribution in [2.75, 3.05) is 6.26 Å². The number of hydrogen-bond acceptors (Lipinski definition) is 6. The quantitative estimate of drug-likeness (QED) is 0.677. The molecule has 0 spiro atoms. The first-order valence-corrected chi connectivity index (χ1v) is 8.26. The first kappa shape index (κ1) is 13.3. The Labute approximate surface area is 125 Å². The second-order valence-corrected chi connectivity index (χ2v) is 6.17. The predicted molar refractivity (Wildman–Crippen MR) is 82.9 cm³/mol. The summed E-state index contributed by atoms with van der Waals surface area (Å²) in [6.07, 6.45) is 4.47. The fourth-order valence-electron chi connectivity index (χ4n) is 1.81. The number of thiazole rings is 1. The molecular formula is C14H13N3OS2. The standard InChI is InChI=1S/C14H13N3OS2/c1-3-9-5-4-6-10(7-9)18-13-11-12(15-8-16-13)17-14(19-2)20-11/h4-8H,3H2,1-2H3. The van der Waals surface area contributed by atoms with Crippen molar-refractivity contribution < 1.29 is 4.74 Å². The largest absolute Gasteiger partial charge is 0.437 e. The molecule has 20 heavy (non-hydrogen) atoms. The maximum absolute atomic E-state index is 5.90. The zero-order chi connectivity index (χ0) is 13.9. The van der Waals surface area contributed by atoms with Gasteiger partial charge in [-0.05, 0) is 30.4 Å². The summed E-state index contributed by atoms with van der Waals surface area (Å²) >= 11 is 3.15. The van der Waals surface area contributed by atoms with Crippen molar-refractivity contribution >= 4 is 33.4 Å². The molecule has 0 aliphatic carbocycles. The minimum atomic E-state index is 0.570. The third-order valence-electron chi connectivity index (χ3n) is 2.83. The third kappa shape index (κ3) is 2.62. The molecular weight excluding hydrogens is 290 g/mol. The van der Waals surface area contributed by atoms with Crippen LogP contribution in [0.5, 0.6) is 11.6 Å². The molecule has 0 N–H and O–H groups in total. The number of nitrogens with zero attached hydrogens (tertiary/aromatic N) is 3. The van der Waals surface area contributed by atoms with E-state index in [0.717, 1.165) is 21.2 Å². The number of aromatic nitrogens is 3. The highest BCUT2D eigenvalue weighted by Crippen LogP contribution is 2.34. The van der Waals surface area contributed by atoms with E-state index >= 15 is 0 Å². The molecule has 102 valence electrons. The van der Waals surface area contributed by atoms with E-state index in [2.05, 4.69) is 27.9 Å². The lowest BCUT2D eigenvalue weighted by atomic mass is 10.2. The van der Waals surface area contributed by atoms with Crippen molar-refractivity contribution in [3.63, 3.8) is 0 Å². The second kappa shape index (κ2) is 5.76. The molecule has 0 fully saturated rings. The molecule has 0 aliphatic heterocycles. The summed E-state index contributed by atoms with van der Waals surface area (Å²) in [5, 5.41) is 0. The monoisotopic (exact) mass is 303 g/mol. The summed E-state index contributed by atoms with van der Waals surface area (Å²) < 4.78 is 7.76. The van der Waals surface area contributed by atoms with Crippen LogP contribution in [0.1, 0.15) is 12.5 Å². The molecule has 1 aromatic carbocycles. The molecule has 0 saturated heterocycles. The smallest absolute Gasteiger partial charge is 0.242 e. The Morgan fingerprint density at radius 3 is 3.00 bits per heavy atom. The van der Waals surface area contributed by atoms with Crippen molar-refractivity contribution in [3.05, 3.63) is 36.2 Å². The Balaban J connectivity index is 1.99. The van der Waals surface area contributed by atoms with Gasteiger partial charge in [-0.1, -0.05) is 30.8 Å². The number of aryl methyl sites for hydroxylation is 1. The van der Waals surface area contributed by atoms with Crippen molar-refractivity contribution in [3.8, 4) is 11.6 Å². The van der Waals surface area contributed by atoms with Gasteiger partial charge in [0.05, 0.1) is 0 Å². The van der Waals surface area contributed by atoms with Crippen LogP contribution in [0.4, 0.5) is 0 Å². The Bertz CT molecular complexity index is 742. The van der Waals surface area contributed by atoms with Crippen LogP contribution in [-0.4, -0.2) is 21.2 Å². The number of hydrogen-bond donors (Lipinski definition) is 0. The van der Waals surface area contributed by atoms with Gasteiger partial charge in [-0.3, -0.25) is 0 Å². The van der Waals surface area contributed by atoms with Crippen LogP contribution in [-0.2, 0) is 6.42 Å². The van der Waals surface area contributed by atoms with E-state index in [9.17, 15) is 0 Å². The molecule has 6 heteroatoms. The zero-order valence-corrected chi connectivity index (χ0v) is 12.8. The summed E-state index contributed by atoms with van der Waals surface area (Å²) in [5.41, 5.74) is 1.93. The number of thioether (sulfide) groups is 1. The maximum atomic E-state index is 5.90. The van der Waals surface area contributed by atoms with Gasteiger partial charge in [0.15, 0.2) is 9.99 Å². The summed E-state index contributed by atoms with van der Waals surface area (Å²) in [5.74, 6) is 1.37. The molecule has 3 rings (SSSR count). The van der Waals surface area contributed by atoms with Crippen LogP contribution in [0.3, 0.4) is 0 Å². The highest BCUT2D eigenvalue weighted by molar-refractivity contribution is 8.00. The highest BCUT2D eigenvalue weighted by atomic mass is 32.2. The van der Waals surface area contributed by atoms with Gasteiger partial charge in [-0.2, -0.15) is 0 Å². The fraction of sp³-hybridized carbons (Fsp3) is 0.214. The van der Waals surface area contributed by atoms with E-state index in [0.29, 0.717) is 11.5 Å². The van der Waals surface area contributed by atoms with Crippen molar-refractivity contribution in [1.82, 2.24) is 15.0 Å². The molecule has 0 saturated carbocycles. The van der Waals surface area contributed by atoms with Crippen molar-refractivity contribution in [2.24, 2.45) is 0 Å². The average Bonchev–Trinajstić information content (AvgIpc) is 2.92. The van der Waals surface area contributed by atoms with Crippen molar-refractivity contribution in [1.29, 1.82) is 0 Å². The van der Waals surface area contributed by atoms with Crippen LogP contribution in [0, 0.1) is 0 Å². The first-order valence-electron chi connectivity index (χ1n) is 6.22. The van der Waals surface area contributed by atoms with Crippen LogP contribution in [0.15, 0.2) is 34.9 Å². The molecule has 0 amide bonds. The number of rotatable bonds is 4. The Morgan fingerprint density at radius 2 is 2.20 bits per heavy atom. The lowest BCUT2D eigenvalue weighted by molar-refractivity contribution is 0.468. The molecule has 0 bridgehead atoms. The van der Waals surface area contributed by atoms with E-state index in [1.165, 1.54) is 11.9 Å². The molecule has 2 aromatic heterocycles. The van der Waals surface area contributed by atoms with Gasteiger partial charge in [0, 0.05) is 0 Å². The number of fused-ring (bicyclic) bond motifs is 1. The minimum Gasteiger partial charge on any atom is -0.437 e. The van der Waals surface area contributed by atoms with Crippen LogP contribution >= 0.6 is 23.1 Å². The zero-order valence-electron chi connectivity index (χ0n) is 11.2. The van der Waals surface area contributed by atoms with Gasteiger partial charge in [0.25, 0.3) is 0 Å². The van der Waals surface area contributed by atoms with Gasteiger partial charge in [-0.25, -0.2) is 15.0 Å². The van der Waals surface area contributed by atoms with E-state index in [1.807, 2.05) is 24.5 Å².